The van der Waals surface area contributed by atoms with Crippen molar-refractivity contribution >= 4 is 7.12 Å². The van der Waals surface area contributed by atoms with Crippen molar-refractivity contribution in [2.45, 2.75) is 5.44 Å². The molecule has 1 heterocycles. The normalized spacial score (nSPS) is 23.6. The molecule has 0 radical (unpaired) electrons. The van der Waals surface area contributed by atoms with E-state index in [0.29, 0.717) is 5.56 Å². The summed E-state index contributed by atoms with van der Waals surface area (Å²) in [6.45, 7) is 0. The summed E-state index contributed by atoms with van der Waals surface area (Å²) in [7, 11) is -1.73. The van der Waals surface area contributed by atoms with Crippen LogP contribution in [0, 0.1) is 0 Å². The van der Waals surface area contributed by atoms with E-state index in [-0.39, 0.29) is 0 Å². The van der Waals surface area contributed by atoms with Crippen molar-refractivity contribution in [2.24, 2.45) is 0 Å². The van der Waals surface area contributed by atoms with Gasteiger partial charge in [-0.1, -0.05) is 42.5 Å². The van der Waals surface area contributed by atoms with Crippen LogP contribution in [0.2, 0.25) is 0 Å². The van der Waals surface area contributed by atoms with Crippen molar-refractivity contribution < 1.29 is 14.4 Å². The van der Waals surface area contributed by atoms with Crippen LogP contribution in [0.4, 0.5) is 4.39 Å². The SMILES string of the molecule is OB(O)C1(c2ccccc2)C=CC=C(F)N1. The largest absolute Gasteiger partial charge is 0.487 e. The van der Waals surface area contributed by atoms with Crippen LogP contribution < -0.4 is 5.32 Å². The topological polar surface area (TPSA) is 52.5 Å². The van der Waals surface area contributed by atoms with Crippen molar-refractivity contribution in [1.29, 1.82) is 0 Å². The second-order valence-electron chi connectivity index (χ2n) is 3.61. The summed E-state index contributed by atoms with van der Waals surface area (Å²) in [6.07, 6.45) is 4.21. The molecule has 5 heteroatoms. The van der Waals surface area contributed by atoms with Crippen LogP contribution in [0.3, 0.4) is 0 Å². The highest BCUT2D eigenvalue weighted by molar-refractivity contribution is 6.46. The molecular weight excluding hydrogens is 208 g/mol. The van der Waals surface area contributed by atoms with Gasteiger partial charge in [-0.25, -0.2) is 0 Å². The second-order valence-corrected chi connectivity index (χ2v) is 3.61. The molecule has 16 heavy (non-hydrogen) atoms. The van der Waals surface area contributed by atoms with E-state index in [1.165, 1.54) is 18.2 Å². The monoisotopic (exact) mass is 219 g/mol. The first kappa shape index (κ1) is 10.9. The number of dihydropyridines is 1. The third kappa shape index (κ3) is 1.75. The molecule has 1 aliphatic heterocycles. The summed E-state index contributed by atoms with van der Waals surface area (Å²) in [5.74, 6) is -0.598. The van der Waals surface area contributed by atoms with Gasteiger partial charge in [-0.05, 0) is 11.6 Å². The van der Waals surface area contributed by atoms with Gasteiger partial charge < -0.3 is 15.4 Å². The molecule has 0 bridgehead atoms. The summed E-state index contributed by atoms with van der Waals surface area (Å²) in [4.78, 5) is 0. The molecule has 0 fully saturated rings. The number of hydrogen-bond acceptors (Lipinski definition) is 3. The zero-order chi connectivity index (χ0) is 11.6. The van der Waals surface area contributed by atoms with Crippen molar-refractivity contribution in [3.05, 3.63) is 60.1 Å². The Kier molecular flexibility index (Phi) is 2.81. The molecule has 0 amide bonds. The summed E-state index contributed by atoms with van der Waals surface area (Å²) >= 11 is 0. The van der Waals surface area contributed by atoms with Gasteiger partial charge in [-0.2, -0.15) is 4.39 Å². The van der Waals surface area contributed by atoms with Gasteiger partial charge >= 0.3 is 7.12 Å². The summed E-state index contributed by atoms with van der Waals surface area (Å²) in [5, 5.41) is 21.3. The van der Waals surface area contributed by atoms with Gasteiger partial charge in [0.05, 0.1) is 0 Å². The van der Waals surface area contributed by atoms with E-state index in [2.05, 4.69) is 5.32 Å². The van der Waals surface area contributed by atoms with Gasteiger partial charge in [0.1, 0.15) is 5.44 Å². The van der Waals surface area contributed by atoms with E-state index in [9.17, 15) is 14.4 Å². The van der Waals surface area contributed by atoms with Crippen LogP contribution >= 0.6 is 0 Å². The van der Waals surface area contributed by atoms with Crippen molar-refractivity contribution in [3.63, 3.8) is 0 Å². The molecule has 1 unspecified atom stereocenters. The maximum absolute atomic E-state index is 13.2. The summed E-state index contributed by atoms with van der Waals surface area (Å²) in [6, 6.07) is 8.72. The third-order valence-electron chi connectivity index (χ3n) is 2.59. The van der Waals surface area contributed by atoms with Gasteiger partial charge in [-0.15, -0.1) is 0 Å². The summed E-state index contributed by atoms with van der Waals surface area (Å²) in [5.41, 5.74) is -0.732. The Morgan fingerprint density at radius 3 is 2.44 bits per heavy atom. The fourth-order valence-corrected chi connectivity index (χ4v) is 1.75. The average Bonchev–Trinajstić information content (AvgIpc) is 2.30. The summed E-state index contributed by atoms with van der Waals surface area (Å²) < 4.78 is 13.2. The molecule has 1 aromatic carbocycles. The number of halogens is 1. The lowest BCUT2D eigenvalue weighted by Gasteiger charge is -2.33. The predicted molar refractivity (Wildman–Crippen MR) is 59.8 cm³/mol. The molecular formula is C11H11BFNO2. The fourth-order valence-electron chi connectivity index (χ4n) is 1.75. The maximum atomic E-state index is 13.2. The minimum absolute atomic E-state index is 0.588. The molecule has 0 aliphatic carbocycles. The smallest absolute Gasteiger partial charge is 0.425 e. The minimum atomic E-state index is -1.73. The van der Waals surface area contributed by atoms with Gasteiger partial charge in [0.2, 0.25) is 0 Å². The van der Waals surface area contributed by atoms with Crippen LogP contribution in [0.1, 0.15) is 5.56 Å². The van der Waals surface area contributed by atoms with Gasteiger partial charge in [0, 0.05) is 0 Å². The maximum Gasteiger partial charge on any atom is 0.487 e. The molecule has 3 N–H and O–H groups in total. The van der Waals surface area contributed by atoms with E-state index in [1.807, 2.05) is 0 Å². The molecule has 0 saturated heterocycles. The van der Waals surface area contributed by atoms with E-state index in [4.69, 9.17) is 0 Å². The molecule has 0 spiro atoms. The number of hydrogen-bond donors (Lipinski definition) is 3. The van der Waals surface area contributed by atoms with Crippen LogP contribution in [-0.4, -0.2) is 17.2 Å². The molecule has 1 aliphatic rings. The predicted octanol–water partition coefficient (Wildman–Crippen LogP) is 0.864. The first-order valence-corrected chi connectivity index (χ1v) is 4.90. The van der Waals surface area contributed by atoms with Crippen molar-refractivity contribution in [3.8, 4) is 0 Å². The highest BCUT2D eigenvalue weighted by Crippen LogP contribution is 2.28. The van der Waals surface area contributed by atoms with E-state index >= 15 is 0 Å². The Hall–Kier alpha value is -1.59. The zero-order valence-corrected chi connectivity index (χ0v) is 8.47. The fraction of sp³-hybridized carbons (Fsp3) is 0.0909. The standard InChI is InChI=1S/C11H11BFNO2/c13-10-7-4-8-11(14-10,12(15)16)9-5-2-1-3-6-9/h1-8,14-16H. The number of allylic oxidation sites excluding steroid dienone is 2. The number of nitrogens with one attached hydrogen (secondary N) is 1. The minimum Gasteiger partial charge on any atom is -0.425 e. The van der Waals surface area contributed by atoms with Gasteiger partial charge in [-0.3, -0.25) is 0 Å². The molecule has 0 saturated carbocycles. The van der Waals surface area contributed by atoms with Crippen LogP contribution in [0.15, 0.2) is 54.5 Å². The van der Waals surface area contributed by atoms with Crippen molar-refractivity contribution in [1.82, 2.24) is 5.32 Å². The average molecular weight is 219 g/mol. The molecule has 3 nitrogen and oxygen atoms in total. The van der Waals surface area contributed by atoms with E-state index in [0.717, 1.165) is 0 Å². The Balaban J connectivity index is 2.46. The highest BCUT2D eigenvalue weighted by atomic mass is 19.1. The van der Waals surface area contributed by atoms with Crippen LogP contribution in [-0.2, 0) is 5.44 Å². The zero-order valence-electron chi connectivity index (χ0n) is 8.47. The Morgan fingerprint density at radius 1 is 1.19 bits per heavy atom. The lowest BCUT2D eigenvalue weighted by Crippen LogP contribution is -2.53. The first-order valence-electron chi connectivity index (χ1n) is 4.90. The highest BCUT2D eigenvalue weighted by Gasteiger charge is 2.43. The lowest BCUT2D eigenvalue weighted by atomic mass is 9.60. The molecule has 82 valence electrons. The lowest BCUT2D eigenvalue weighted by molar-refractivity contribution is 0.332. The Bertz CT molecular complexity index is 433. The van der Waals surface area contributed by atoms with Gasteiger partial charge in [0.25, 0.3) is 0 Å². The number of benzene rings is 1. The van der Waals surface area contributed by atoms with Crippen molar-refractivity contribution in [2.75, 3.05) is 0 Å². The van der Waals surface area contributed by atoms with Crippen LogP contribution in [0.5, 0.6) is 0 Å². The Morgan fingerprint density at radius 2 is 1.88 bits per heavy atom. The third-order valence-corrected chi connectivity index (χ3v) is 2.59. The first-order chi connectivity index (χ1) is 7.65. The molecule has 1 aromatic rings. The van der Waals surface area contributed by atoms with E-state index < -0.39 is 18.5 Å². The van der Waals surface area contributed by atoms with E-state index in [1.54, 1.807) is 30.3 Å². The molecule has 0 aromatic heterocycles. The van der Waals surface area contributed by atoms with Crippen LogP contribution in [0.25, 0.3) is 0 Å². The molecule has 1 atom stereocenters. The Labute approximate surface area is 93.1 Å². The quantitative estimate of drug-likeness (QED) is 0.510. The second kappa shape index (κ2) is 4.12. The number of rotatable bonds is 2. The molecule has 2 rings (SSSR count). The van der Waals surface area contributed by atoms with Gasteiger partial charge in [0.15, 0.2) is 5.95 Å².